The number of nitrogens with zero attached hydrogens (tertiary/aromatic N) is 2. The average Bonchev–Trinajstić information content (AvgIpc) is 3.07. The second-order valence-electron chi connectivity index (χ2n) is 6.31. The number of carbonyl (C=O) groups excluding carboxylic acids is 1. The number of aryl methyl sites for hydroxylation is 1. The lowest BCUT2D eigenvalue weighted by atomic mass is 10.2. The van der Waals surface area contributed by atoms with Gasteiger partial charge in [0.2, 0.25) is 5.91 Å². The normalized spacial score (nSPS) is 19.9. The first-order valence-electron chi connectivity index (χ1n) is 8.39. The lowest BCUT2D eigenvalue weighted by molar-refractivity contribution is -0.166. The summed E-state index contributed by atoms with van der Waals surface area (Å²) in [4.78, 5) is 28.9. The van der Waals surface area contributed by atoms with E-state index in [2.05, 4.69) is 4.98 Å². The van der Waals surface area contributed by atoms with Crippen molar-refractivity contribution in [3.63, 3.8) is 0 Å². The van der Waals surface area contributed by atoms with E-state index in [0.29, 0.717) is 6.54 Å². The molecule has 1 fully saturated rings. The number of benzene rings is 1. The molecule has 2 heterocycles. The van der Waals surface area contributed by atoms with Crippen molar-refractivity contribution in [2.75, 3.05) is 13.1 Å². The van der Waals surface area contributed by atoms with Crippen molar-refractivity contribution in [3.05, 3.63) is 41.9 Å². The molecule has 1 N–H and O–H groups in total. The lowest BCUT2D eigenvalue weighted by Gasteiger charge is -2.34. The van der Waals surface area contributed by atoms with Crippen molar-refractivity contribution in [3.8, 4) is 11.3 Å². The zero-order valence-corrected chi connectivity index (χ0v) is 14.5. The molecule has 7 nitrogen and oxygen atoms in total. The SMILES string of the molecule is C[C@@H]1CN(C(=O)CCc2ncc(-c3ccc(F)cc3F)o2)CC(C(=O)O)O1. The Morgan fingerprint density at radius 1 is 1.33 bits per heavy atom. The van der Waals surface area contributed by atoms with Gasteiger partial charge in [-0.2, -0.15) is 0 Å². The van der Waals surface area contributed by atoms with Gasteiger partial charge in [-0.05, 0) is 19.1 Å². The standard InChI is InChI=1S/C18H18F2N2O5/c1-10-8-22(9-15(26-10)18(24)25)17(23)5-4-16-21-7-14(27-16)12-3-2-11(19)6-13(12)20/h2-3,6-7,10,15H,4-5,8-9H2,1H3,(H,24,25)/t10-,15?/m1/s1. The maximum Gasteiger partial charge on any atom is 0.334 e. The highest BCUT2D eigenvalue weighted by molar-refractivity contribution is 5.79. The van der Waals surface area contributed by atoms with Crippen LogP contribution in [0.3, 0.4) is 0 Å². The summed E-state index contributed by atoms with van der Waals surface area (Å²) in [5, 5.41) is 9.07. The summed E-state index contributed by atoms with van der Waals surface area (Å²) >= 11 is 0. The maximum atomic E-state index is 13.8. The molecule has 0 radical (unpaired) electrons. The highest BCUT2D eigenvalue weighted by Gasteiger charge is 2.32. The number of carboxylic acid groups (broad SMARTS) is 1. The predicted molar refractivity (Wildman–Crippen MR) is 88.7 cm³/mol. The van der Waals surface area contributed by atoms with Crippen LogP contribution in [0.25, 0.3) is 11.3 Å². The second-order valence-corrected chi connectivity index (χ2v) is 6.31. The smallest absolute Gasteiger partial charge is 0.334 e. The van der Waals surface area contributed by atoms with E-state index >= 15 is 0 Å². The number of aromatic nitrogens is 1. The predicted octanol–water partition coefficient (Wildman–Crippen LogP) is 2.25. The van der Waals surface area contributed by atoms with E-state index < -0.39 is 23.7 Å². The number of rotatable bonds is 5. The minimum atomic E-state index is -1.11. The number of ether oxygens (including phenoxy) is 1. The Labute approximate surface area is 153 Å². The first-order chi connectivity index (χ1) is 12.8. The van der Waals surface area contributed by atoms with Crippen LogP contribution < -0.4 is 0 Å². The van der Waals surface area contributed by atoms with E-state index in [4.69, 9.17) is 14.3 Å². The summed E-state index contributed by atoms with van der Waals surface area (Å²) in [6.07, 6.45) is 0.120. The molecule has 0 saturated carbocycles. The highest BCUT2D eigenvalue weighted by atomic mass is 19.1. The van der Waals surface area contributed by atoms with Gasteiger partial charge in [-0.15, -0.1) is 0 Å². The number of carboxylic acids is 1. The van der Waals surface area contributed by atoms with E-state index in [1.54, 1.807) is 6.92 Å². The fourth-order valence-corrected chi connectivity index (χ4v) is 2.90. The average molecular weight is 380 g/mol. The van der Waals surface area contributed by atoms with Crippen LogP contribution in [-0.2, 0) is 20.7 Å². The molecule has 1 aromatic carbocycles. The van der Waals surface area contributed by atoms with Gasteiger partial charge < -0.3 is 19.2 Å². The van der Waals surface area contributed by atoms with Crippen molar-refractivity contribution >= 4 is 11.9 Å². The Hall–Kier alpha value is -2.81. The number of hydrogen-bond acceptors (Lipinski definition) is 5. The fraction of sp³-hybridized carbons (Fsp3) is 0.389. The molecular weight excluding hydrogens is 362 g/mol. The molecule has 3 rings (SSSR count). The molecule has 9 heteroatoms. The molecule has 1 amide bonds. The van der Waals surface area contributed by atoms with Gasteiger partial charge in [-0.25, -0.2) is 18.6 Å². The van der Waals surface area contributed by atoms with Crippen LogP contribution in [-0.4, -0.2) is 52.2 Å². The van der Waals surface area contributed by atoms with Crippen molar-refractivity contribution in [1.29, 1.82) is 0 Å². The van der Waals surface area contributed by atoms with Crippen LogP contribution in [0.2, 0.25) is 0 Å². The third-order valence-electron chi connectivity index (χ3n) is 4.19. The molecule has 0 spiro atoms. The molecule has 2 aromatic rings. The topological polar surface area (TPSA) is 92.9 Å². The van der Waals surface area contributed by atoms with E-state index in [0.717, 1.165) is 12.1 Å². The summed E-state index contributed by atoms with van der Waals surface area (Å²) in [7, 11) is 0. The van der Waals surface area contributed by atoms with Gasteiger partial charge in [0.15, 0.2) is 17.8 Å². The Morgan fingerprint density at radius 3 is 2.81 bits per heavy atom. The largest absolute Gasteiger partial charge is 0.479 e. The van der Waals surface area contributed by atoms with Gasteiger partial charge in [-0.1, -0.05) is 0 Å². The lowest BCUT2D eigenvalue weighted by Crippen LogP contribution is -2.51. The molecule has 1 saturated heterocycles. The maximum absolute atomic E-state index is 13.8. The third-order valence-corrected chi connectivity index (χ3v) is 4.19. The number of carbonyl (C=O) groups is 2. The van der Waals surface area contributed by atoms with Crippen LogP contribution in [0, 0.1) is 11.6 Å². The number of aliphatic carboxylic acids is 1. The molecule has 1 aliphatic rings. The minimum Gasteiger partial charge on any atom is -0.479 e. The minimum absolute atomic E-state index is 0.0177. The summed E-state index contributed by atoms with van der Waals surface area (Å²) in [5.74, 6) is -2.45. The zero-order chi connectivity index (χ0) is 19.6. The molecule has 144 valence electrons. The molecule has 27 heavy (non-hydrogen) atoms. The fourth-order valence-electron chi connectivity index (χ4n) is 2.90. The molecule has 0 aliphatic carbocycles. The number of halogens is 2. The summed E-state index contributed by atoms with van der Waals surface area (Å²) in [6.45, 7) is 1.99. The third kappa shape index (κ3) is 4.48. The number of oxazole rings is 1. The van der Waals surface area contributed by atoms with E-state index in [1.807, 2.05) is 0 Å². The summed E-state index contributed by atoms with van der Waals surface area (Å²) in [6, 6.07) is 3.11. The van der Waals surface area contributed by atoms with Crippen molar-refractivity contribution in [2.24, 2.45) is 0 Å². The van der Waals surface area contributed by atoms with E-state index in [1.165, 1.54) is 17.2 Å². The first kappa shape index (κ1) is 19.0. The Balaban J connectivity index is 1.61. The quantitative estimate of drug-likeness (QED) is 0.855. The van der Waals surface area contributed by atoms with E-state index in [9.17, 15) is 18.4 Å². The Bertz CT molecular complexity index is 854. The summed E-state index contributed by atoms with van der Waals surface area (Å²) in [5.41, 5.74) is 0.0766. The van der Waals surface area contributed by atoms with Gasteiger partial charge >= 0.3 is 5.97 Å². The number of hydrogen-bond donors (Lipinski definition) is 1. The summed E-state index contributed by atoms with van der Waals surface area (Å²) < 4.78 is 37.5. The van der Waals surface area contributed by atoms with Crippen LogP contribution in [0.4, 0.5) is 8.78 Å². The van der Waals surface area contributed by atoms with Gasteiger partial charge in [0.1, 0.15) is 11.6 Å². The van der Waals surface area contributed by atoms with Gasteiger partial charge in [0.25, 0.3) is 0 Å². The Kier molecular flexibility index (Phi) is 5.50. The molecule has 1 aromatic heterocycles. The highest BCUT2D eigenvalue weighted by Crippen LogP contribution is 2.24. The molecule has 1 unspecified atom stereocenters. The van der Waals surface area contributed by atoms with Crippen LogP contribution >= 0.6 is 0 Å². The molecule has 1 aliphatic heterocycles. The van der Waals surface area contributed by atoms with Crippen LogP contribution in [0.1, 0.15) is 19.2 Å². The monoisotopic (exact) mass is 380 g/mol. The first-order valence-corrected chi connectivity index (χ1v) is 8.39. The van der Waals surface area contributed by atoms with Crippen molar-refractivity contribution in [1.82, 2.24) is 9.88 Å². The van der Waals surface area contributed by atoms with E-state index in [-0.39, 0.29) is 48.6 Å². The Morgan fingerprint density at radius 2 is 2.11 bits per heavy atom. The molecule has 0 bridgehead atoms. The molecule has 2 atom stereocenters. The van der Waals surface area contributed by atoms with Crippen molar-refractivity contribution < 1.29 is 32.6 Å². The van der Waals surface area contributed by atoms with Gasteiger partial charge in [-0.3, -0.25) is 4.79 Å². The molecular formula is C18H18F2N2O5. The number of morpholine rings is 1. The van der Waals surface area contributed by atoms with Crippen LogP contribution in [0.5, 0.6) is 0 Å². The second kappa shape index (κ2) is 7.83. The van der Waals surface area contributed by atoms with Gasteiger partial charge in [0, 0.05) is 25.5 Å². The number of amides is 1. The van der Waals surface area contributed by atoms with Crippen LogP contribution in [0.15, 0.2) is 28.8 Å². The van der Waals surface area contributed by atoms with Crippen molar-refractivity contribution in [2.45, 2.75) is 32.0 Å². The zero-order valence-electron chi connectivity index (χ0n) is 14.5. The van der Waals surface area contributed by atoms with Gasteiger partial charge in [0.05, 0.1) is 24.4 Å².